The predicted octanol–water partition coefficient (Wildman–Crippen LogP) is 7.96. The van der Waals surface area contributed by atoms with E-state index in [0.29, 0.717) is 88.2 Å². The number of amides is 3. The molecule has 8 atom stereocenters. The number of Topliss-reactive ketones (excluding diaryl/α,β-unsaturated/α-hetero) is 1. The van der Waals surface area contributed by atoms with Crippen molar-refractivity contribution in [1.82, 2.24) is 35.1 Å². The number of carbonyl (C=O) groups is 7. The number of esters is 2. The number of nitrogens with two attached hydrogens (primary N) is 1. The molecule has 3 aromatic carbocycles. The van der Waals surface area contributed by atoms with Crippen LogP contribution in [0.15, 0.2) is 150 Å². The average molecular weight is 1790 g/mol. The summed E-state index contributed by atoms with van der Waals surface area (Å²) < 4.78 is 86.2. The molecule has 0 saturated carbocycles. The van der Waals surface area contributed by atoms with E-state index >= 15 is 0 Å². The number of nitro benzene ring substituents is 1. The maximum Gasteiger partial charge on any atom is 0.405 e. The van der Waals surface area contributed by atoms with Gasteiger partial charge in [0.2, 0.25) is 28.7 Å². The number of aliphatic hydroxyl groups is 1. The lowest BCUT2D eigenvalue weighted by Gasteiger charge is -2.30. The summed E-state index contributed by atoms with van der Waals surface area (Å²) in [7, 11) is 10.1. The Morgan fingerprint density at radius 2 is 1.45 bits per heavy atom. The number of imidazole rings is 1. The Hall–Kier alpha value is -12.7. The van der Waals surface area contributed by atoms with Gasteiger partial charge in [-0.25, -0.2) is 24.2 Å². The average Bonchev–Trinajstić information content (AvgIpc) is 1.28. The first-order valence-corrected chi connectivity index (χ1v) is 41.1. The molecule has 8 N–H and O–H groups in total. The van der Waals surface area contributed by atoms with Crippen LogP contribution in [0.4, 0.5) is 10.5 Å². The van der Waals surface area contributed by atoms with E-state index in [2.05, 4.69) is 30.1 Å². The van der Waals surface area contributed by atoms with E-state index in [0.717, 1.165) is 33.6 Å². The zero-order chi connectivity index (χ0) is 95.1. The molecule has 3 amide bonds. The van der Waals surface area contributed by atoms with Gasteiger partial charge in [-0.15, -0.1) is 10.1 Å². The minimum Gasteiger partial charge on any atom is -0.493 e. The number of primary amides is 1. The third-order valence-corrected chi connectivity index (χ3v) is 20.0. The third kappa shape index (κ3) is 29.5. The van der Waals surface area contributed by atoms with Gasteiger partial charge in [0.1, 0.15) is 18.2 Å². The Labute approximate surface area is 728 Å². The van der Waals surface area contributed by atoms with Crippen LogP contribution in [0.25, 0.3) is 22.3 Å². The number of dihydropyridines is 1. The predicted molar refractivity (Wildman–Crippen MR) is 460 cm³/mol. The van der Waals surface area contributed by atoms with Crippen LogP contribution in [0.1, 0.15) is 131 Å². The van der Waals surface area contributed by atoms with Gasteiger partial charge >= 0.3 is 23.7 Å². The molecule has 5 aromatic rings. The highest BCUT2D eigenvalue weighted by atomic mass is 32.2. The van der Waals surface area contributed by atoms with E-state index in [-0.39, 0.29) is 112 Å². The van der Waals surface area contributed by atoms with Gasteiger partial charge < -0.3 is 89.1 Å². The number of fused-ring (bicyclic) bond motifs is 6. The van der Waals surface area contributed by atoms with Crippen molar-refractivity contribution in [2.75, 3.05) is 83.0 Å². The number of H-pyrrole nitrogens is 1. The number of aliphatic hydroxyl groups excluding tert-OH is 1. The van der Waals surface area contributed by atoms with Crippen molar-refractivity contribution in [1.29, 1.82) is 0 Å². The fourth-order valence-electron chi connectivity index (χ4n) is 13.8. The molecule has 4 heterocycles. The summed E-state index contributed by atoms with van der Waals surface area (Å²) in [6.45, 7) is 21.9. The zero-order valence-corrected chi connectivity index (χ0v) is 75.4. The third-order valence-electron chi connectivity index (χ3n) is 19.3. The van der Waals surface area contributed by atoms with Crippen LogP contribution in [-0.2, 0) is 96.2 Å². The van der Waals surface area contributed by atoms with E-state index in [1.165, 1.54) is 97.7 Å². The van der Waals surface area contributed by atoms with Crippen LogP contribution in [-0.4, -0.2) is 203 Å². The number of nitrogens with one attached hydrogen (secondary N) is 4. The highest BCUT2D eigenvalue weighted by Crippen LogP contribution is 2.50. The molecule has 690 valence electrons. The summed E-state index contributed by atoms with van der Waals surface area (Å²) in [6, 6.07) is 12.4. The molecule has 0 spiro atoms. The van der Waals surface area contributed by atoms with E-state index < -0.39 is 91.9 Å². The molecule has 40 nitrogen and oxygen atoms in total. The molecule has 2 aromatic heterocycles. The van der Waals surface area contributed by atoms with Crippen LogP contribution in [0.3, 0.4) is 0 Å². The molecule has 0 saturated heterocycles. The number of aryl methyl sites for hydroxylation is 1. The lowest BCUT2D eigenvalue weighted by molar-refractivity contribution is -0.742. The largest absolute Gasteiger partial charge is 0.493 e. The maximum absolute atomic E-state index is 13.3. The number of hydrogen-bond donors (Lipinski definition) is 7. The van der Waals surface area contributed by atoms with Crippen LogP contribution >= 0.6 is 0 Å². The summed E-state index contributed by atoms with van der Waals surface area (Å²) in [6.07, 6.45) is 6.96. The van der Waals surface area contributed by atoms with Crippen LogP contribution in [0.5, 0.6) is 23.0 Å². The molecule has 41 heteroatoms. The second kappa shape index (κ2) is 49.7. The summed E-state index contributed by atoms with van der Waals surface area (Å²) in [5.41, 5.74) is 10.9. The number of ketones is 2. The topological polar surface area (TPSA) is 543 Å². The smallest absolute Gasteiger partial charge is 0.405 e. The first-order valence-electron chi connectivity index (χ1n) is 39.3. The molecule has 126 heavy (non-hydrogen) atoms. The number of hydrogen-bond acceptors (Lipinski definition) is 31. The Morgan fingerprint density at radius 1 is 0.817 bits per heavy atom. The molecule has 1 unspecified atom stereocenters. The van der Waals surface area contributed by atoms with Crippen LogP contribution in [0.2, 0.25) is 0 Å². The number of aromatic amines is 1. The van der Waals surface area contributed by atoms with Crippen molar-refractivity contribution in [3.05, 3.63) is 204 Å². The Morgan fingerprint density at radius 3 is 1.98 bits per heavy atom. The summed E-state index contributed by atoms with van der Waals surface area (Å²) >= 11 is 0. The number of methoxy groups -OCH3 is 8. The fourth-order valence-corrected chi connectivity index (χ4v) is 14.3. The van der Waals surface area contributed by atoms with Crippen LogP contribution in [0, 0.1) is 38.0 Å². The molecular weight excluding hydrogens is 1670 g/mol. The van der Waals surface area contributed by atoms with E-state index in [1.807, 2.05) is 32.9 Å². The molecule has 0 radical (unpaired) electrons. The van der Waals surface area contributed by atoms with Crippen molar-refractivity contribution in [3.8, 4) is 34.1 Å². The second-order valence-electron chi connectivity index (χ2n) is 29.5. The van der Waals surface area contributed by atoms with Crippen molar-refractivity contribution >= 4 is 68.4 Å². The number of nitrogens with zero attached hydrogens (tertiary/aromatic N) is 5. The van der Waals surface area contributed by atoms with Crippen molar-refractivity contribution in [3.63, 3.8) is 0 Å². The van der Waals surface area contributed by atoms with Crippen molar-refractivity contribution in [2.45, 2.75) is 158 Å². The van der Waals surface area contributed by atoms with Crippen molar-refractivity contribution < 1.29 is 119 Å². The molecule has 0 fully saturated rings. The molecule has 2 aliphatic carbocycles. The zero-order valence-electron chi connectivity index (χ0n) is 74.6. The first kappa shape index (κ1) is 106. The normalized spacial score (nSPS) is 20.0. The van der Waals surface area contributed by atoms with Gasteiger partial charge in [-0.05, 0) is 132 Å². The quantitative estimate of drug-likeness (QED) is 0.00535. The lowest BCUT2D eigenvalue weighted by atomic mass is 9.80. The first-order chi connectivity index (χ1) is 59.3. The fraction of sp³-hybridized carbons (Fsp3) is 0.471. The highest BCUT2D eigenvalue weighted by molar-refractivity contribution is 7.86. The number of rotatable bonds is 21. The number of carbonyl (C=O) groups excluding carboxylic acids is 7. The summed E-state index contributed by atoms with van der Waals surface area (Å²) in [5.74, 6) is -2.60. The highest BCUT2D eigenvalue weighted by Gasteiger charge is 2.40. The van der Waals surface area contributed by atoms with Gasteiger partial charge in [0.05, 0.1) is 113 Å². The minimum absolute atomic E-state index is 0.0300. The van der Waals surface area contributed by atoms with Gasteiger partial charge in [-0.1, -0.05) is 70.2 Å². The lowest BCUT2D eigenvalue weighted by Crippen LogP contribution is -2.38. The molecular formula is C85H114N10O30S. The second-order valence-corrected chi connectivity index (χ2v) is 31.2. The summed E-state index contributed by atoms with van der Waals surface area (Å²) in [4.78, 5) is 150. The standard InChI is InChI=1S/C29H40N2O9.C22H25NO6.C21H26N2O7.C10H14N4O2.C3H8O3S.HNO3/c1-15-11-19-25(34)20(14-21(32)27(19)39-7)31-28(35)16(2)9-8-10-22(37-5)26(40-29(30)36)18(4)13-17(3)24(33)23(12-15)38-6;1-12(24)23-16-8-6-13-10-19(27-3)21(28-4)22(29-5)20(13)14-7-9-18(26-2)17(25)11-15(14)16;1-12(2)30-21(25)18-14(4)22-13(3)17(20(24)29-10-9-28-5)19(18)15-7-6-8-16(11-15)23(26)27;1-6(2)4-14-8-7(11-5-12-8)9(15)13(3)10(14)16;1-3-6-7(2,4)5;2-1(3)4/h8-10,13-15,17,22-24,26,33H,11-12H2,1-7H3,(H2,30,36)(H,31,35);7,9-11,16H,6,8H2,1-5H3,(H,23,24);6-8,11-12,19,22H,9-10H2,1-5H3;5-6H,4H2,1-3H3,(H,11,12);3H2,1-2H3;(H,2,3,4)/b10-8-,16-9+,18-13+;;;;;/t15-,17+,22+,23+,24-,26+;16-;;;;/m10..../s1. The maximum atomic E-state index is 13.3. The number of non-ortho nitro benzene ring substituents is 1. The number of benzene rings is 2. The van der Waals surface area contributed by atoms with Crippen molar-refractivity contribution in [2.24, 2.45) is 30.5 Å². The molecule has 2 bridgehead atoms. The van der Waals surface area contributed by atoms with Gasteiger partial charge in [0.15, 0.2) is 34.8 Å². The van der Waals surface area contributed by atoms with Crippen LogP contribution < -0.4 is 57.3 Å². The Bertz CT molecular complexity index is 5320. The molecule has 2 aliphatic heterocycles. The summed E-state index contributed by atoms with van der Waals surface area (Å²) in [5, 5.41) is 44.6. The minimum atomic E-state index is -3.17. The van der Waals surface area contributed by atoms with E-state index in [1.54, 1.807) is 100 Å². The number of allylic oxidation sites excluding steroid dienone is 6. The number of ether oxygens (including phenoxy) is 11. The van der Waals surface area contributed by atoms with E-state index in [4.69, 9.17) is 73.2 Å². The number of nitro groups is 1. The SMILES string of the molecule is CC(C)Cn1c(=O)n(C)c(=O)c2[nH]cnc21.CCOS(C)(=O)=O.COC1=C2C[C@@H](C)C[C@H](OC)[C@H](O)[C@@H](C)/C=C(\C)[C@H](OC(N)=O)[C@@H](OC)/C=C\C=C(/C)C(=O)NC(=CC1=O)C2=O.COCCOC(=O)C1=C(C)NC(C)=C(C(=O)OC(C)C)C1c1cccc([N+](=O)[O-])c1.COc1cc2c(c(OC)c1OC)-c1ccc(OC)c(=O)cc1[C@@H](NC(C)=O)CC2.O=[N+]([O-])O. The van der Waals surface area contributed by atoms with Gasteiger partial charge in [-0.2, -0.15) is 8.42 Å². The number of aromatic nitrogens is 4. The van der Waals surface area contributed by atoms with Gasteiger partial charge in [-0.3, -0.25) is 52.2 Å². The van der Waals surface area contributed by atoms with Gasteiger partial charge in [0.25, 0.3) is 32.4 Å². The Balaban J connectivity index is 0.000000348. The Kier molecular flexibility index (Phi) is 41.7. The molecule has 4 aliphatic rings. The van der Waals surface area contributed by atoms with Gasteiger partial charge in [0, 0.05) is 94.1 Å². The van der Waals surface area contributed by atoms with E-state index in [9.17, 15) is 71.6 Å². The molecule has 9 rings (SSSR count). The monoisotopic (exact) mass is 1790 g/mol.